The molecule has 0 aliphatic rings. The van der Waals surface area contributed by atoms with Gasteiger partial charge >= 0.3 is 11.9 Å². The van der Waals surface area contributed by atoms with Crippen molar-refractivity contribution in [3.63, 3.8) is 0 Å². The van der Waals surface area contributed by atoms with E-state index < -0.39 is 11.9 Å². The lowest BCUT2D eigenvalue weighted by Gasteiger charge is -2.18. The van der Waals surface area contributed by atoms with E-state index in [1.54, 1.807) is 0 Å². The molecule has 0 bridgehead atoms. The average Bonchev–Trinajstić information content (AvgIpc) is 3.14. The number of carbonyl (C=O) groups is 2. The van der Waals surface area contributed by atoms with Gasteiger partial charge in [-0.2, -0.15) is 0 Å². The van der Waals surface area contributed by atoms with Crippen molar-refractivity contribution >= 4 is 11.9 Å². The van der Waals surface area contributed by atoms with Crippen LogP contribution in [0.2, 0.25) is 0 Å². The normalized spacial score (nSPS) is 12.8. The largest absolute Gasteiger partial charge is 0.459 e. The van der Waals surface area contributed by atoms with E-state index in [4.69, 9.17) is 9.47 Å². The van der Waals surface area contributed by atoms with Crippen molar-refractivity contribution in [1.82, 2.24) is 0 Å². The summed E-state index contributed by atoms with van der Waals surface area (Å²) >= 11 is 0. The first-order chi connectivity index (χ1) is 25.6. The highest BCUT2D eigenvalue weighted by molar-refractivity contribution is 5.91. The molecule has 0 aromatic carbocycles. The standard InChI is InChI=1S/C48H92O4/c1-5-9-13-17-21-25-29-33-37-41-45(39-35-31-27-23-19-15-11-7-3)51-47(49)43-44-48(50)52-46(40-36-32-28-24-20-16-12-8-4)42-38-34-30-26-22-18-14-10-6-2/h43-46H,5-42H2,1-4H3/b44-43+. The van der Waals surface area contributed by atoms with E-state index >= 15 is 0 Å². The van der Waals surface area contributed by atoms with Crippen molar-refractivity contribution in [3.05, 3.63) is 12.2 Å². The molecule has 0 spiro atoms. The van der Waals surface area contributed by atoms with Crippen LogP contribution in [0.3, 0.4) is 0 Å². The maximum absolute atomic E-state index is 12.9. The molecule has 0 radical (unpaired) electrons. The van der Waals surface area contributed by atoms with Crippen LogP contribution in [-0.4, -0.2) is 24.1 Å². The van der Waals surface area contributed by atoms with E-state index in [1.807, 2.05) is 0 Å². The fourth-order valence-corrected chi connectivity index (χ4v) is 7.44. The molecule has 0 rings (SSSR count). The van der Waals surface area contributed by atoms with Crippen LogP contribution in [0.1, 0.15) is 272 Å². The summed E-state index contributed by atoms with van der Waals surface area (Å²) in [5.41, 5.74) is 0. The maximum Gasteiger partial charge on any atom is 0.331 e. The molecule has 0 saturated heterocycles. The zero-order chi connectivity index (χ0) is 38.0. The third-order valence-electron chi connectivity index (χ3n) is 10.9. The summed E-state index contributed by atoms with van der Waals surface area (Å²) in [6.45, 7) is 9.07. The molecule has 0 amide bonds. The van der Waals surface area contributed by atoms with E-state index in [-0.39, 0.29) is 12.2 Å². The van der Waals surface area contributed by atoms with Crippen LogP contribution in [0.5, 0.6) is 0 Å². The van der Waals surface area contributed by atoms with Gasteiger partial charge in [0.05, 0.1) is 0 Å². The fourth-order valence-electron chi connectivity index (χ4n) is 7.44. The molecule has 52 heavy (non-hydrogen) atoms. The number of hydrogen-bond donors (Lipinski definition) is 0. The molecule has 0 aromatic rings. The second-order valence-corrected chi connectivity index (χ2v) is 16.2. The summed E-state index contributed by atoms with van der Waals surface area (Å²) in [5, 5.41) is 0. The molecule has 308 valence electrons. The SMILES string of the molecule is CCCCCCCCCCCC(CCCCCCCCCC)OC(=O)/C=C/C(=O)OC(CCCCCCCCCC)CCCCCCCCCCC. The highest BCUT2D eigenvalue weighted by Crippen LogP contribution is 2.20. The van der Waals surface area contributed by atoms with Crippen LogP contribution in [0, 0.1) is 0 Å². The summed E-state index contributed by atoms with van der Waals surface area (Å²) in [6.07, 6.45) is 50.0. The van der Waals surface area contributed by atoms with Gasteiger partial charge in [0.2, 0.25) is 0 Å². The lowest BCUT2D eigenvalue weighted by molar-refractivity contribution is -0.146. The van der Waals surface area contributed by atoms with Gasteiger partial charge in [-0.05, 0) is 51.4 Å². The Hall–Kier alpha value is -1.32. The Morgan fingerprint density at radius 2 is 0.481 bits per heavy atom. The molecule has 0 saturated carbocycles. The van der Waals surface area contributed by atoms with Crippen LogP contribution in [0.25, 0.3) is 0 Å². The Balaban J connectivity index is 4.82. The number of ether oxygens (including phenoxy) is 2. The molecule has 0 aliphatic heterocycles. The quantitative estimate of drug-likeness (QED) is 0.0356. The van der Waals surface area contributed by atoms with Crippen LogP contribution in [0.4, 0.5) is 0 Å². The molecule has 0 N–H and O–H groups in total. The predicted octanol–water partition coefficient (Wildman–Crippen LogP) is 16.3. The predicted molar refractivity (Wildman–Crippen MR) is 227 cm³/mol. The summed E-state index contributed by atoms with van der Waals surface area (Å²) in [7, 11) is 0. The molecule has 0 aliphatic carbocycles. The number of hydrogen-bond acceptors (Lipinski definition) is 4. The molecular formula is C48H92O4. The second kappa shape index (κ2) is 42.4. The van der Waals surface area contributed by atoms with Crippen molar-refractivity contribution < 1.29 is 19.1 Å². The van der Waals surface area contributed by atoms with E-state index in [0.29, 0.717) is 0 Å². The minimum Gasteiger partial charge on any atom is -0.459 e. The van der Waals surface area contributed by atoms with E-state index in [1.165, 1.54) is 205 Å². The summed E-state index contributed by atoms with van der Waals surface area (Å²) in [4.78, 5) is 25.8. The van der Waals surface area contributed by atoms with Gasteiger partial charge in [-0.1, -0.05) is 220 Å². The Morgan fingerprint density at radius 3 is 0.673 bits per heavy atom. The zero-order valence-corrected chi connectivity index (χ0v) is 35.8. The third kappa shape index (κ3) is 38.4. The molecule has 2 atom stereocenters. The first kappa shape index (κ1) is 50.7. The Morgan fingerprint density at radius 1 is 0.308 bits per heavy atom. The van der Waals surface area contributed by atoms with Crippen LogP contribution in [-0.2, 0) is 19.1 Å². The Bertz CT molecular complexity index is 699. The molecule has 2 unspecified atom stereocenters. The van der Waals surface area contributed by atoms with Gasteiger partial charge in [0, 0.05) is 12.2 Å². The number of esters is 2. The Kier molecular flexibility index (Phi) is 41.3. The van der Waals surface area contributed by atoms with Gasteiger partial charge in [-0.15, -0.1) is 0 Å². The van der Waals surface area contributed by atoms with Crippen molar-refractivity contribution in [2.24, 2.45) is 0 Å². The first-order valence-corrected chi connectivity index (χ1v) is 23.7. The minimum absolute atomic E-state index is 0.0563. The molecule has 0 heterocycles. The highest BCUT2D eigenvalue weighted by atomic mass is 16.5. The topological polar surface area (TPSA) is 52.6 Å². The van der Waals surface area contributed by atoms with Crippen molar-refractivity contribution in [1.29, 1.82) is 0 Å². The van der Waals surface area contributed by atoms with E-state index in [9.17, 15) is 9.59 Å². The van der Waals surface area contributed by atoms with Gasteiger partial charge in [0.1, 0.15) is 12.2 Å². The second-order valence-electron chi connectivity index (χ2n) is 16.2. The lowest BCUT2D eigenvalue weighted by Crippen LogP contribution is -2.19. The first-order valence-electron chi connectivity index (χ1n) is 23.7. The Labute approximate surface area is 326 Å². The lowest BCUT2D eigenvalue weighted by atomic mass is 10.0. The molecule has 0 aromatic heterocycles. The molecule has 0 fully saturated rings. The maximum atomic E-state index is 12.9. The van der Waals surface area contributed by atoms with Crippen molar-refractivity contribution in [2.45, 2.75) is 284 Å². The van der Waals surface area contributed by atoms with Crippen LogP contribution >= 0.6 is 0 Å². The monoisotopic (exact) mass is 733 g/mol. The number of unbranched alkanes of at least 4 members (excludes halogenated alkanes) is 30. The van der Waals surface area contributed by atoms with Gasteiger partial charge in [-0.3, -0.25) is 0 Å². The molecule has 4 nitrogen and oxygen atoms in total. The van der Waals surface area contributed by atoms with Gasteiger partial charge in [0.25, 0.3) is 0 Å². The van der Waals surface area contributed by atoms with Gasteiger partial charge < -0.3 is 9.47 Å². The summed E-state index contributed by atoms with van der Waals surface area (Å²) in [5.74, 6) is -0.785. The van der Waals surface area contributed by atoms with E-state index in [0.717, 1.165) is 51.4 Å². The van der Waals surface area contributed by atoms with Crippen LogP contribution < -0.4 is 0 Å². The number of carbonyl (C=O) groups excluding carboxylic acids is 2. The van der Waals surface area contributed by atoms with Crippen molar-refractivity contribution in [3.8, 4) is 0 Å². The summed E-state index contributed by atoms with van der Waals surface area (Å²) < 4.78 is 11.9. The average molecular weight is 733 g/mol. The highest BCUT2D eigenvalue weighted by Gasteiger charge is 2.16. The molecular weight excluding hydrogens is 641 g/mol. The zero-order valence-electron chi connectivity index (χ0n) is 35.8. The van der Waals surface area contributed by atoms with Gasteiger partial charge in [0.15, 0.2) is 0 Å². The van der Waals surface area contributed by atoms with Crippen LogP contribution in [0.15, 0.2) is 12.2 Å². The fraction of sp³-hybridized carbons (Fsp3) is 0.917. The smallest absolute Gasteiger partial charge is 0.331 e. The van der Waals surface area contributed by atoms with Crippen molar-refractivity contribution in [2.75, 3.05) is 0 Å². The summed E-state index contributed by atoms with van der Waals surface area (Å²) in [6, 6.07) is 0. The van der Waals surface area contributed by atoms with E-state index in [2.05, 4.69) is 27.7 Å². The van der Waals surface area contributed by atoms with Gasteiger partial charge in [-0.25, -0.2) is 9.59 Å². The minimum atomic E-state index is -0.393. The molecule has 4 heteroatoms. The third-order valence-corrected chi connectivity index (χ3v) is 10.9. The number of rotatable bonds is 42.